The summed E-state index contributed by atoms with van der Waals surface area (Å²) in [6.45, 7) is 4.74. The summed E-state index contributed by atoms with van der Waals surface area (Å²) in [4.78, 5) is 0. The van der Waals surface area contributed by atoms with Gasteiger partial charge in [0.15, 0.2) is 0 Å². The summed E-state index contributed by atoms with van der Waals surface area (Å²) in [6.07, 6.45) is -2.97. The normalized spacial score (nSPS) is 13.5. The highest BCUT2D eigenvalue weighted by molar-refractivity contribution is 5.22. The van der Waals surface area contributed by atoms with E-state index < -0.39 is 12.6 Å². The second-order valence-electron chi connectivity index (χ2n) is 4.96. The summed E-state index contributed by atoms with van der Waals surface area (Å²) in [5.41, 5.74) is 2.46. The van der Waals surface area contributed by atoms with Gasteiger partial charge in [-0.3, -0.25) is 0 Å². The van der Waals surface area contributed by atoms with Crippen molar-refractivity contribution in [3.63, 3.8) is 0 Å². The summed E-state index contributed by atoms with van der Waals surface area (Å²) in [5, 5.41) is 3.26. The van der Waals surface area contributed by atoms with Crippen molar-refractivity contribution in [1.82, 2.24) is 5.32 Å². The molecule has 0 aliphatic rings. The molecule has 1 N–H and O–H groups in total. The first-order valence-corrected chi connectivity index (χ1v) is 6.78. The van der Waals surface area contributed by atoms with Gasteiger partial charge in [0.25, 0.3) is 0 Å². The fourth-order valence-electron chi connectivity index (χ4n) is 1.90. The zero-order chi connectivity index (χ0) is 14.3. The average molecular weight is 273 g/mol. The zero-order valence-corrected chi connectivity index (χ0v) is 11.6. The summed E-state index contributed by atoms with van der Waals surface area (Å²) >= 11 is 0. The van der Waals surface area contributed by atoms with Gasteiger partial charge in [0, 0.05) is 19.0 Å². The molecular formula is C15H22F3N. The third kappa shape index (κ3) is 7.21. The monoisotopic (exact) mass is 273 g/mol. The molecule has 1 rings (SSSR count). The van der Waals surface area contributed by atoms with E-state index in [9.17, 15) is 13.2 Å². The lowest BCUT2D eigenvalue weighted by Gasteiger charge is -2.14. The molecule has 4 heteroatoms. The Kier molecular flexibility index (Phi) is 6.35. The molecule has 0 bridgehead atoms. The number of benzene rings is 1. The van der Waals surface area contributed by atoms with Gasteiger partial charge in [0.05, 0.1) is 0 Å². The maximum absolute atomic E-state index is 12.0. The van der Waals surface area contributed by atoms with Crippen molar-refractivity contribution in [2.75, 3.05) is 0 Å². The Balaban J connectivity index is 2.23. The summed E-state index contributed by atoms with van der Waals surface area (Å²) in [5.74, 6) is 0. The van der Waals surface area contributed by atoms with Crippen molar-refractivity contribution in [1.29, 1.82) is 0 Å². The highest BCUT2D eigenvalue weighted by Crippen LogP contribution is 2.22. The van der Waals surface area contributed by atoms with Gasteiger partial charge in [-0.15, -0.1) is 0 Å². The fraction of sp³-hybridized carbons (Fsp3) is 0.600. The van der Waals surface area contributed by atoms with E-state index in [1.807, 2.05) is 6.92 Å². The Morgan fingerprint density at radius 2 is 1.68 bits per heavy atom. The van der Waals surface area contributed by atoms with Gasteiger partial charge in [-0.25, -0.2) is 0 Å². The van der Waals surface area contributed by atoms with Crippen molar-refractivity contribution in [2.45, 2.75) is 58.3 Å². The highest BCUT2D eigenvalue weighted by atomic mass is 19.4. The quantitative estimate of drug-likeness (QED) is 0.773. The number of alkyl halides is 3. The number of hydrogen-bond acceptors (Lipinski definition) is 1. The molecule has 0 fully saturated rings. The average Bonchev–Trinajstić information content (AvgIpc) is 2.35. The lowest BCUT2D eigenvalue weighted by molar-refractivity contribution is -0.135. The van der Waals surface area contributed by atoms with E-state index >= 15 is 0 Å². The molecular weight excluding hydrogens is 251 g/mol. The summed E-state index contributed by atoms with van der Waals surface area (Å²) < 4.78 is 36.0. The molecule has 0 aliphatic heterocycles. The van der Waals surface area contributed by atoms with Crippen molar-refractivity contribution in [3.05, 3.63) is 35.4 Å². The Hall–Kier alpha value is -1.03. The first-order valence-electron chi connectivity index (χ1n) is 6.78. The molecule has 1 unspecified atom stereocenters. The number of hydrogen-bond donors (Lipinski definition) is 1. The van der Waals surface area contributed by atoms with Gasteiger partial charge in [-0.2, -0.15) is 13.2 Å². The van der Waals surface area contributed by atoms with Gasteiger partial charge < -0.3 is 5.32 Å². The predicted octanol–water partition coefficient (Wildman–Crippen LogP) is 4.46. The summed E-state index contributed by atoms with van der Waals surface area (Å²) in [7, 11) is 0. The number of nitrogens with one attached hydrogen (secondary N) is 1. The van der Waals surface area contributed by atoms with Crippen LogP contribution in [0, 0.1) is 0 Å². The van der Waals surface area contributed by atoms with Crippen LogP contribution in [0.1, 0.15) is 44.2 Å². The van der Waals surface area contributed by atoms with E-state index in [1.165, 1.54) is 11.1 Å². The molecule has 108 valence electrons. The second-order valence-corrected chi connectivity index (χ2v) is 4.96. The van der Waals surface area contributed by atoms with Gasteiger partial charge >= 0.3 is 6.18 Å². The highest BCUT2D eigenvalue weighted by Gasteiger charge is 2.26. The van der Waals surface area contributed by atoms with E-state index in [-0.39, 0.29) is 12.5 Å². The van der Waals surface area contributed by atoms with Crippen molar-refractivity contribution in [3.8, 4) is 0 Å². The molecule has 1 atom stereocenters. The van der Waals surface area contributed by atoms with E-state index in [0.717, 1.165) is 6.42 Å². The fourth-order valence-corrected chi connectivity index (χ4v) is 1.90. The van der Waals surface area contributed by atoms with Crippen LogP contribution in [0.15, 0.2) is 24.3 Å². The van der Waals surface area contributed by atoms with Crippen molar-refractivity contribution in [2.24, 2.45) is 0 Å². The van der Waals surface area contributed by atoms with E-state index in [1.54, 1.807) is 0 Å². The zero-order valence-electron chi connectivity index (χ0n) is 11.6. The molecule has 0 amide bonds. The van der Waals surface area contributed by atoms with Gasteiger partial charge in [-0.1, -0.05) is 31.2 Å². The van der Waals surface area contributed by atoms with Crippen LogP contribution in [-0.4, -0.2) is 12.2 Å². The number of halogens is 3. The number of rotatable bonds is 7. The van der Waals surface area contributed by atoms with Crippen LogP contribution in [0.25, 0.3) is 0 Å². The van der Waals surface area contributed by atoms with Crippen LogP contribution in [0.4, 0.5) is 13.2 Å². The minimum absolute atomic E-state index is 0.105. The van der Waals surface area contributed by atoms with Crippen LogP contribution in [-0.2, 0) is 13.0 Å². The molecule has 0 spiro atoms. The molecule has 0 heterocycles. The van der Waals surface area contributed by atoms with Crippen molar-refractivity contribution < 1.29 is 13.2 Å². The second kappa shape index (κ2) is 7.53. The molecule has 0 aliphatic carbocycles. The smallest absolute Gasteiger partial charge is 0.310 e. The minimum Gasteiger partial charge on any atom is -0.310 e. The minimum atomic E-state index is -4.03. The Morgan fingerprint density at radius 3 is 2.21 bits per heavy atom. The van der Waals surface area contributed by atoms with E-state index in [2.05, 4.69) is 36.5 Å². The van der Waals surface area contributed by atoms with Crippen LogP contribution in [0.2, 0.25) is 0 Å². The van der Waals surface area contributed by atoms with Crippen LogP contribution in [0.5, 0.6) is 0 Å². The third-order valence-corrected chi connectivity index (χ3v) is 3.18. The van der Waals surface area contributed by atoms with E-state index in [0.29, 0.717) is 13.0 Å². The lowest BCUT2D eigenvalue weighted by Crippen LogP contribution is -2.25. The van der Waals surface area contributed by atoms with Crippen LogP contribution in [0.3, 0.4) is 0 Å². The molecule has 0 saturated carbocycles. The molecule has 0 radical (unpaired) electrons. The maximum Gasteiger partial charge on any atom is 0.389 e. The third-order valence-electron chi connectivity index (χ3n) is 3.18. The van der Waals surface area contributed by atoms with Crippen LogP contribution < -0.4 is 5.32 Å². The Labute approximate surface area is 113 Å². The van der Waals surface area contributed by atoms with E-state index in [4.69, 9.17) is 0 Å². The predicted molar refractivity (Wildman–Crippen MR) is 72.0 cm³/mol. The van der Waals surface area contributed by atoms with Gasteiger partial charge in [0.2, 0.25) is 0 Å². The first-order chi connectivity index (χ1) is 8.90. The standard InChI is InChI=1S/C15H22F3N/c1-3-13-6-8-14(9-7-13)11-19-12(2)5-4-10-15(16,17)18/h6-9,12,19H,3-5,10-11H2,1-2H3. The summed E-state index contributed by atoms with van der Waals surface area (Å²) in [6, 6.07) is 8.41. The molecule has 0 aromatic heterocycles. The maximum atomic E-state index is 12.0. The molecule has 0 saturated heterocycles. The SMILES string of the molecule is CCc1ccc(CNC(C)CCCC(F)(F)F)cc1. The molecule has 1 aromatic rings. The lowest BCUT2D eigenvalue weighted by atomic mass is 10.1. The number of aryl methyl sites for hydroxylation is 1. The Bertz CT molecular complexity index is 357. The topological polar surface area (TPSA) is 12.0 Å². The Morgan fingerprint density at radius 1 is 1.11 bits per heavy atom. The van der Waals surface area contributed by atoms with Crippen LogP contribution >= 0.6 is 0 Å². The first kappa shape index (κ1) is 16.0. The molecule has 19 heavy (non-hydrogen) atoms. The van der Waals surface area contributed by atoms with Crippen molar-refractivity contribution >= 4 is 0 Å². The van der Waals surface area contributed by atoms with Gasteiger partial charge in [0.1, 0.15) is 0 Å². The molecule has 1 nitrogen and oxygen atoms in total. The molecule has 1 aromatic carbocycles. The van der Waals surface area contributed by atoms with Gasteiger partial charge in [-0.05, 0) is 37.3 Å². The largest absolute Gasteiger partial charge is 0.389 e.